The van der Waals surface area contributed by atoms with E-state index in [0.29, 0.717) is 0 Å². The van der Waals surface area contributed by atoms with Crippen LogP contribution in [0.25, 0.3) is 0 Å². The van der Waals surface area contributed by atoms with E-state index in [4.69, 9.17) is 5.11 Å². The van der Waals surface area contributed by atoms with Crippen LogP contribution in [0.3, 0.4) is 0 Å². The van der Waals surface area contributed by atoms with Crippen molar-refractivity contribution in [3.8, 4) is 0 Å². The summed E-state index contributed by atoms with van der Waals surface area (Å²) in [6.45, 7) is 4.06. The Morgan fingerprint density at radius 1 is 1.17 bits per heavy atom. The minimum absolute atomic E-state index is 0.131. The Balaban J connectivity index is 3.03. The Morgan fingerprint density at radius 2 is 1.75 bits per heavy atom. The Hall–Kier alpha value is -0.300. The number of unbranched alkanes of at least 4 members (excludes halogenated alkanes) is 3. The lowest BCUT2D eigenvalue weighted by Gasteiger charge is -1.99. The third-order valence-electron chi connectivity index (χ3n) is 1.88. The third-order valence-corrected chi connectivity index (χ3v) is 1.88. The first kappa shape index (κ1) is 11.7. The first-order chi connectivity index (χ1) is 5.77. The van der Waals surface area contributed by atoms with Gasteiger partial charge in [0.2, 0.25) is 0 Å². The lowest BCUT2D eigenvalue weighted by Crippen LogP contribution is -1.97. The van der Waals surface area contributed by atoms with Gasteiger partial charge in [0.25, 0.3) is 0 Å². The molecule has 1 nitrogen and oxygen atoms in total. The Morgan fingerprint density at radius 3 is 2.25 bits per heavy atom. The second kappa shape index (κ2) is 8.79. The highest BCUT2D eigenvalue weighted by molar-refractivity contribution is 4.81. The Labute approximate surface area is 76.5 Å². The van der Waals surface area contributed by atoms with Gasteiger partial charge in [0.1, 0.15) is 0 Å². The van der Waals surface area contributed by atoms with Gasteiger partial charge in [-0.05, 0) is 32.6 Å². The van der Waals surface area contributed by atoms with Crippen LogP contribution in [0, 0.1) is 0 Å². The summed E-state index contributed by atoms with van der Waals surface area (Å²) in [6.07, 6.45) is 11.3. The van der Waals surface area contributed by atoms with Crippen molar-refractivity contribution >= 4 is 0 Å². The maximum atomic E-state index is 8.97. The minimum atomic E-state index is -0.131. The van der Waals surface area contributed by atoms with Crippen LogP contribution in [-0.4, -0.2) is 11.2 Å². The molecule has 0 bridgehead atoms. The summed E-state index contributed by atoms with van der Waals surface area (Å²) in [4.78, 5) is 0. The highest BCUT2D eigenvalue weighted by atomic mass is 16.3. The highest BCUT2D eigenvalue weighted by Gasteiger charge is 1.92. The van der Waals surface area contributed by atoms with Crippen molar-refractivity contribution in [1.82, 2.24) is 0 Å². The van der Waals surface area contributed by atoms with Gasteiger partial charge in [0.05, 0.1) is 6.10 Å². The van der Waals surface area contributed by atoms with E-state index in [9.17, 15) is 0 Å². The fourth-order valence-corrected chi connectivity index (χ4v) is 1.09. The van der Waals surface area contributed by atoms with Crippen LogP contribution in [0.4, 0.5) is 0 Å². The molecule has 0 aromatic carbocycles. The van der Waals surface area contributed by atoms with E-state index in [-0.39, 0.29) is 6.10 Å². The second-order valence-corrected chi connectivity index (χ2v) is 3.39. The molecule has 0 radical (unpaired) electrons. The van der Waals surface area contributed by atoms with Gasteiger partial charge >= 0.3 is 0 Å². The number of hydrogen-bond donors (Lipinski definition) is 1. The molecule has 72 valence electrons. The van der Waals surface area contributed by atoms with Gasteiger partial charge in [0, 0.05) is 0 Å². The molecule has 0 amide bonds. The maximum absolute atomic E-state index is 8.97. The molecule has 0 aliphatic rings. The molecule has 0 rings (SSSR count). The zero-order valence-electron chi connectivity index (χ0n) is 8.42. The zero-order chi connectivity index (χ0) is 9.23. The van der Waals surface area contributed by atoms with Crippen molar-refractivity contribution in [2.75, 3.05) is 0 Å². The molecule has 0 aromatic heterocycles. The number of aliphatic hydroxyl groups excluding tert-OH is 1. The predicted octanol–water partition coefficient (Wildman–Crippen LogP) is 3.28. The zero-order valence-corrected chi connectivity index (χ0v) is 8.42. The summed E-state index contributed by atoms with van der Waals surface area (Å²) in [5.74, 6) is 0. The predicted molar refractivity (Wildman–Crippen MR) is 54.2 cm³/mol. The fraction of sp³-hybridized carbons (Fsp3) is 0.818. The monoisotopic (exact) mass is 170 g/mol. The Kier molecular flexibility index (Phi) is 8.57. The van der Waals surface area contributed by atoms with Crippen molar-refractivity contribution < 1.29 is 5.11 Å². The maximum Gasteiger partial charge on any atom is 0.0512 e. The molecule has 0 aliphatic carbocycles. The fourth-order valence-electron chi connectivity index (χ4n) is 1.09. The molecule has 0 fully saturated rings. The normalized spacial score (nSPS) is 13.9. The quantitative estimate of drug-likeness (QED) is 0.459. The van der Waals surface area contributed by atoms with Crippen LogP contribution in [0.1, 0.15) is 52.4 Å². The molecule has 12 heavy (non-hydrogen) atoms. The molecule has 0 heterocycles. The third kappa shape index (κ3) is 9.70. The van der Waals surface area contributed by atoms with E-state index in [1.54, 1.807) is 0 Å². The SMILES string of the molecule is CCCCC=CCCCC(C)O. The Bertz CT molecular complexity index is 106. The summed E-state index contributed by atoms with van der Waals surface area (Å²) in [6, 6.07) is 0. The van der Waals surface area contributed by atoms with Gasteiger partial charge in [0.15, 0.2) is 0 Å². The van der Waals surface area contributed by atoms with Gasteiger partial charge in [-0.25, -0.2) is 0 Å². The van der Waals surface area contributed by atoms with Crippen LogP contribution >= 0.6 is 0 Å². The van der Waals surface area contributed by atoms with Gasteiger partial charge in [-0.3, -0.25) is 0 Å². The topological polar surface area (TPSA) is 20.2 Å². The summed E-state index contributed by atoms with van der Waals surface area (Å²) in [5, 5.41) is 8.97. The summed E-state index contributed by atoms with van der Waals surface area (Å²) < 4.78 is 0. The second-order valence-electron chi connectivity index (χ2n) is 3.39. The average Bonchev–Trinajstić information content (AvgIpc) is 2.02. The van der Waals surface area contributed by atoms with Crippen LogP contribution in [0.5, 0.6) is 0 Å². The van der Waals surface area contributed by atoms with Crippen molar-refractivity contribution in [2.24, 2.45) is 0 Å². The molecular weight excluding hydrogens is 148 g/mol. The van der Waals surface area contributed by atoms with E-state index in [2.05, 4.69) is 19.1 Å². The molecule has 0 aromatic rings. The molecule has 1 unspecified atom stereocenters. The van der Waals surface area contributed by atoms with Crippen molar-refractivity contribution in [3.63, 3.8) is 0 Å². The van der Waals surface area contributed by atoms with Gasteiger partial charge in [-0.15, -0.1) is 0 Å². The van der Waals surface area contributed by atoms with Crippen LogP contribution in [0.15, 0.2) is 12.2 Å². The molecule has 0 saturated carbocycles. The molecule has 0 spiro atoms. The largest absolute Gasteiger partial charge is 0.393 e. The lowest BCUT2D eigenvalue weighted by molar-refractivity contribution is 0.182. The molecule has 0 aliphatic heterocycles. The van der Waals surface area contributed by atoms with Gasteiger partial charge < -0.3 is 5.11 Å². The van der Waals surface area contributed by atoms with E-state index in [1.165, 1.54) is 19.3 Å². The van der Waals surface area contributed by atoms with Crippen LogP contribution < -0.4 is 0 Å². The van der Waals surface area contributed by atoms with E-state index in [1.807, 2.05) is 6.92 Å². The van der Waals surface area contributed by atoms with Crippen molar-refractivity contribution in [2.45, 2.75) is 58.5 Å². The minimum Gasteiger partial charge on any atom is -0.393 e. The molecule has 1 heteroatoms. The smallest absolute Gasteiger partial charge is 0.0512 e. The van der Waals surface area contributed by atoms with Crippen molar-refractivity contribution in [1.29, 1.82) is 0 Å². The number of hydrogen-bond acceptors (Lipinski definition) is 1. The molecule has 1 atom stereocenters. The highest BCUT2D eigenvalue weighted by Crippen LogP contribution is 2.02. The van der Waals surface area contributed by atoms with Crippen LogP contribution in [0.2, 0.25) is 0 Å². The summed E-state index contributed by atoms with van der Waals surface area (Å²) in [5.41, 5.74) is 0. The van der Waals surface area contributed by atoms with Gasteiger partial charge in [-0.2, -0.15) is 0 Å². The molecular formula is C11H22O. The first-order valence-electron chi connectivity index (χ1n) is 5.10. The summed E-state index contributed by atoms with van der Waals surface area (Å²) in [7, 11) is 0. The summed E-state index contributed by atoms with van der Waals surface area (Å²) >= 11 is 0. The average molecular weight is 170 g/mol. The number of aliphatic hydroxyl groups is 1. The lowest BCUT2D eigenvalue weighted by atomic mass is 10.1. The molecule has 1 N–H and O–H groups in total. The van der Waals surface area contributed by atoms with E-state index in [0.717, 1.165) is 19.3 Å². The number of allylic oxidation sites excluding steroid dienone is 2. The van der Waals surface area contributed by atoms with Crippen molar-refractivity contribution in [3.05, 3.63) is 12.2 Å². The number of rotatable bonds is 7. The first-order valence-corrected chi connectivity index (χ1v) is 5.10. The van der Waals surface area contributed by atoms with E-state index < -0.39 is 0 Å². The van der Waals surface area contributed by atoms with Gasteiger partial charge in [-0.1, -0.05) is 31.9 Å². The molecule has 0 saturated heterocycles. The standard InChI is InChI=1S/C11H22O/c1-3-4-5-6-7-8-9-10-11(2)12/h6-7,11-12H,3-5,8-10H2,1-2H3. The van der Waals surface area contributed by atoms with Crippen LogP contribution in [-0.2, 0) is 0 Å². The van der Waals surface area contributed by atoms with E-state index >= 15 is 0 Å².